The van der Waals surface area contributed by atoms with Crippen molar-refractivity contribution in [2.45, 2.75) is 25.9 Å². The van der Waals surface area contributed by atoms with E-state index in [1.807, 2.05) is 42.5 Å². The van der Waals surface area contributed by atoms with E-state index in [4.69, 9.17) is 9.47 Å². The number of hydrogen-bond donors (Lipinski definition) is 0. The molecule has 0 aliphatic carbocycles. The quantitative estimate of drug-likeness (QED) is 0.551. The highest BCUT2D eigenvalue weighted by molar-refractivity contribution is 5.81. The minimum atomic E-state index is -0.453. The van der Waals surface area contributed by atoms with Crippen LogP contribution in [-0.2, 0) is 9.53 Å². The molecule has 0 spiro atoms. The Morgan fingerprint density at radius 1 is 1.04 bits per heavy atom. The van der Waals surface area contributed by atoms with Crippen molar-refractivity contribution in [2.75, 3.05) is 6.61 Å². The van der Waals surface area contributed by atoms with Crippen LogP contribution in [0.15, 0.2) is 67.3 Å². The molecule has 0 radical (unpaired) electrons. The van der Waals surface area contributed by atoms with Gasteiger partial charge in [-0.15, -0.1) is 0 Å². The smallest absolute Gasteiger partial charge is 0.330 e. The van der Waals surface area contributed by atoms with Crippen LogP contribution in [-0.4, -0.2) is 12.6 Å². The minimum Gasteiger partial charge on any atom is -0.482 e. The monoisotopic (exact) mass is 310 g/mol. The Bertz CT molecular complexity index is 630. The molecule has 0 N–H and O–H groups in total. The third-order valence-corrected chi connectivity index (χ3v) is 3.54. The van der Waals surface area contributed by atoms with Gasteiger partial charge in [-0.05, 0) is 29.2 Å². The molecule has 0 saturated carbocycles. The van der Waals surface area contributed by atoms with Crippen molar-refractivity contribution in [1.29, 1.82) is 0 Å². The molecular weight excluding hydrogens is 288 g/mol. The summed E-state index contributed by atoms with van der Waals surface area (Å²) in [5.74, 6) is 0.752. The van der Waals surface area contributed by atoms with E-state index < -0.39 is 5.97 Å². The summed E-state index contributed by atoms with van der Waals surface area (Å²) in [5, 5.41) is 0. The number of para-hydroxylation sites is 1. The zero-order valence-corrected chi connectivity index (χ0v) is 13.6. The molecule has 2 rings (SSSR count). The molecule has 120 valence electrons. The zero-order chi connectivity index (χ0) is 16.7. The Balaban J connectivity index is 2.17. The van der Waals surface area contributed by atoms with Crippen LogP contribution in [0.1, 0.15) is 37.0 Å². The van der Waals surface area contributed by atoms with E-state index in [0.717, 1.165) is 17.4 Å². The van der Waals surface area contributed by atoms with Gasteiger partial charge >= 0.3 is 5.97 Å². The molecule has 3 heteroatoms. The first-order valence-electron chi connectivity index (χ1n) is 7.71. The van der Waals surface area contributed by atoms with Gasteiger partial charge in [0.2, 0.25) is 0 Å². The van der Waals surface area contributed by atoms with Gasteiger partial charge in [-0.3, -0.25) is 0 Å². The molecule has 2 aromatic carbocycles. The fourth-order valence-corrected chi connectivity index (χ4v) is 2.17. The predicted molar refractivity (Wildman–Crippen MR) is 91.5 cm³/mol. The molecule has 1 atom stereocenters. The standard InChI is InChI=1S/C20H22O3/c1-4-20(21)22-14-19(23-18-8-6-5-7-9-18)17-12-10-16(11-13-17)15(2)3/h4-13,15,19H,1,14H2,2-3H3. The molecule has 1 unspecified atom stereocenters. The Kier molecular flexibility index (Phi) is 5.98. The highest BCUT2D eigenvalue weighted by Gasteiger charge is 2.16. The number of benzene rings is 2. The Hall–Kier alpha value is -2.55. The third-order valence-electron chi connectivity index (χ3n) is 3.54. The summed E-state index contributed by atoms with van der Waals surface area (Å²) in [4.78, 5) is 11.3. The molecular formula is C20H22O3. The molecule has 0 heterocycles. The topological polar surface area (TPSA) is 35.5 Å². The van der Waals surface area contributed by atoms with Crippen molar-refractivity contribution >= 4 is 5.97 Å². The van der Waals surface area contributed by atoms with Crippen molar-refractivity contribution in [3.63, 3.8) is 0 Å². The first kappa shape index (κ1) is 16.8. The Morgan fingerprint density at radius 2 is 1.65 bits per heavy atom. The van der Waals surface area contributed by atoms with Crippen molar-refractivity contribution in [2.24, 2.45) is 0 Å². The maximum atomic E-state index is 11.3. The average Bonchev–Trinajstić information content (AvgIpc) is 2.59. The van der Waals surface area contributed by atoms with Crippen LogP contribution in [0.3, 0.4) is 0 Å². The summed E-state index contributed by atoms with van der Waals surface area (Å²) in [6, 6.07) is 17.7. The largest absolute Gasteiger partial charge is 0.482 e. The first-order valence-corrected chi connectivity index (χ1v) is 7.71. The summed E-state index contributed by atoms with van der Waals surface area (Å²) >= 11 is 0. The third kappa shape index (κ3) is 4.99. The number of ether oxygens (including phenoxy) is 2. The molecule has 0 fully saturated rings. The summed E-state index contributed by atoms with van der Waals surface area (Å²) < 4.78 is 11.2. The highest BCUT2D eigenvalue weighted by Crippen LogP contribution is 2.24. The van der Waals surface area contributed by atoms with E-state index in [2.05, 4.69) is 32.6 Å². The lowest BCUT2D eigenvalue weighted by Gasteiger charge is -2.20. The second-order valence-corrected chi connectivity index (χ2v) is 5.58. The molecule has 0 aliphatic rings. The number of esters is 1. The Labute approximate surface area is 137 Å². The van der Waals surface area contributed by atoms with Crippen LogP contribution >= 0.6 is 0 Å². The predicted octanol–water partition coefficient (Wildman–Crippen LogP) is 4.66. The number of rotatable bonds is 7. The van der Waals surface area contributed by atoms with E-state index in [9.17, 15) is 4.79 Å². The van der Waals surface area contributed by atoms with Gasteiger partial charge in [0.15, 0.2) is 6.10 Å². The van der Waals surface area contributed by atoms with Crippen molar-refractivity contribution in [1.82, 2.24) is 0 Å². The molecule has 0 saturated heterocycles. The van der Waals surface area contributed by atoms with Gasteiger partial charge in [-0.1, -0.05) is 62.9 Å². The lowest BCUT2D eigenvalue weighted by atomic mass is 10.00. The van der Waals surface area contributed by atoms with Gasteiger partial charge in [0.25, 0.3) is 0 Å². The normalized spacial score (nSPS) is 11.8. The van der Waals surface area contributed by atoms with Gasteiger partial charge in [0.05, 0.1) is 0 Å². The van der Waals surface area contributed by atoms with Gasteiger partial charge in [0, 0.05) is 6.08 Å². The fourth-order valence-electron chi connectivity index (χ4n) is 2.17. The fraction of sp³-hybridized carbons (Fsp3) is 0.250. The van der Waals surface area contributed by atoms with Crippen molar-refractivity contribution < 1.29 is 14.3 Å². The maximum Gasteiger partial charge on any atom is 0.330 e. The first-order chi connectivity index (χ1) is 11.1. The molecule has 0 bridgehead atoms. The van der Waals surface area contributed by atoms with Crippen LogP contribution < -0.4 is 4.74 Å². The average molecular weight is 310 g/mol. The SMILES string of the molecule is C=CC(=O)OCC(Oc1ccccc1)c1ccc(C(C)C)cc1. The summed E-state index contributed by atoms with van der Waals surface area (Å²) in [6.07, 6.45) is 0.795. The minimum absolute atomic E-state index is 0.140. The van der Waals surface area contributed by atoms with E-state index in [0.29, 0.717) is 5.92 Å². The van der Waals surface area contributed by atoms with Crippen LogP contribution in [0, 0.1) is 0 Å². The maximum absolute atomic E-state index is 11.3. The van der Waals surface area contributed by atoms with Crippen molar-refractivity contribution in [3.8, 4) is 5.75 Å². The number of carbonyl (C=O) groups is 1. The van der Waals surface area contributed by atoms with E-state index in [-0.39, 0.29) is 12.7 Å². The summed E-state index contributed by atoms with van der Waals surface area (Å²) in [6.45, 7) is 7.85. The summed E-state index contributed by atoms with van der Waals surface area (Å²) in [5.41, 5.74) is 2.23. The van der Waals surface area contributed by atoms with Crippen LogP contribution in [0.2, 0.25) is 0 Å². The summed E-state index contributed by atoms with van der Waals surface area (Å²) in [7, 11) is 0. The molecule has 0 amide bonds. The second kappa shape index (κ2) is 8.18. The Morgan fingerprint density at radius 3 is 2.22 bits per heavy atom. The molecule has 0 aromatic heterocycles. The van der Waals surface area contributed by atoms with Gasteiger partial charge in [0.1, 0.15) is 12.4 Å². The van der Waals surface area contributed by atoms with Crippen LogP contribution in [0.4, 0.5) is 0 Å². The van der Waals surface area contributed by atoms with E-state index in [1.54, 1.807) is 0 Å². The molecule has 0 aliphatic heterocycles. The lowest BCUT2D eigenvalue weighted by Crippen LogP contribution is -2.17. The highest BCUT2D eigenvalue weighted by atomic mass is 16.6. The van der Waals surface area contributed by atoms with E-state index in [1.165, 1.54) is 5.56 Å². The van der Waals surface area contributed by atoms with Gasteiger partial charge < -0.3 is 9.47 Å². The molecule has 2 aromatic rings. The number of hydrogen-bond acceptors (Lipinski definition) is 3. The molecule has 23 heavy (non-hydrogen) atoms. The lowest BCUT2D eigenvalue weighted by molar-refractivity contribution is -0.140. The molecule has 3 nitrogen and oxygen atoms in total. The zero-order valence-electron chi connectivity index (χ0n) is 13.6. The van der Waals surface area contributed by atoms with Crippen LogP contribution in [0.25, 0.3) is 0 Å². The van der Waals surface area contributed by atoms with Gasteiger partial charge in [-0.2, -0.15) is 0 Å². The van der Waals surface area contributed by atoms with Crippen molar-refractivity contribution in [3.05, 3.63) is 78.4 Å². The van der Waals surface area contributed by atoms with Crippen LogP contribution in [0.5, 0.6) is 5.75 Å². The second-order valence-electron chi connectivity index (χ2n) is 5.58. The van der Waals surface area contributed by atoms with Gasteiger partial charge in [-0.25, -0.2) is 4.79 Å². The van der Waals surface area contributed by atoms with E-state index >= 15 is 0 Å². The number of carbonyl (C=O) groups excluding carboxylic acids is 1.